The molecule has 1 atom stereocenters. The molecule has 1 saturated heterocycles. The van der Waals surface area contributed by atoms with Crippen molar-refractivity contribution in [3.63, 3.8) is 0 Å². The van der Waals surface area contributed by atoms with Crippen LogP contribution in [-0.2, 0) is 4.74 Å². The minimum Gasteiger partial charge on any atom is -0.456 e. The summed E-state index contributed by atoms with van der Waals surface area (Å²) in [5.41, 5.74) is 2.17. The molecule has 2 amide bonds. The molecule has 9 nitrogen and oxygen atoms in total. The van der Waals surface area contributed by atoms with Crippen molar-refractivity contribution in [3.05, 3.63) is 53.2 Å². The Morgan fingerprint density at radius 1 is 1.29 bits per heavy atom. The molecule has 1 N–H and O–H groups in total. The molecule has 0 bridgehead atoms. The van der Waals surface area contributed by atoms with Crippen LogP contribution in [0.25, 0.3) is 21.1 Å². The van der Waals surface area contributed by atoms with Crippen molar-refractivity contribution in [2.24, 2.45) is 0 Å². The number of aryl methyl sites for hydroxylation is 1. The summed E-state index contributed by atoms with van der Waals surface area (Å²) in [7, 11) is 1.67. The number of thiophene rings is 1. The van der Waals surface area contributed by atoms with Gasteiger partial charge in [-0.25, -0.2) is 4.79 Å². The predicted octanol–water partition coefficient (Wildman–Crippen LogP) is 4.29. The van der Waals surface area contributed by atoms with Gasteiger partial charge in [0.1, 0.15) is 18.0 Å². The number of ether oxygens (including phenoxy) is 2. The van der Waals surface area contributed by atoms with E-state index in [9.17, 15) is 9.59 Å². The topological polar surface area (TPSA) is 109 Å². The van der Waals surface area contributed by atoms with Crippen molar-refractivity contribution in [2.45, 2.75) is 19.4 Å². The SMILES string of the molecule is CO[C@H]1CCN(C(=O)c2cc3nccc(Oc4ccc5c(c4)cc(C)n5C(=O)NCC#N)c3s2)C1. The number of pyridine rings is 1. The van der Waals surface area contributed by atoms with E-state index in [0.29, 0.717) is 40.5 Å². The zero-order chi connectivity index (χ0) is 24.5. The highest BCUT2D eigenvalue weighted by Gasteiger charge is 2.28. The van der Waals surface area contributed by atoms with E-state index in [0.717, 1.165) is 22.2 Å². The predicted molar refractivity (Wildman–Crippen MR) is 132 cm³/mol. The van der Waals surface area contributed by atoms with Crippen LogP contribution in [0.2, 0.25) is 0 Å². The number of methoxy groups -OCH3 is 1. The first kappa shape index (κ1) is 22.8. The molecule has 5 rings (SSSR count). The number of fused-ring (bicyclic) bond motifs is 2. The lowest BCUT2D eigenvalue weighted by Gasteiger charge is -2.14. The molecule has 0 unspecified atom stereocenters. The summed E-state index contributed by atoms with van der Waals surface area (Å²) >= 11 is 1.37. The Bertz CT molecular complexity index is 1480. The van der Waals surface area contributed by atoms with E-state index in [2.05, 4.69) is 10.3 Å². The first-order valence-electron chi connectivity index (χ1n) is 11.1. The number of nitrogens with one attached hydrogen (secondary N) is 1. The van der Waals surface area contributed by atoms with Gasteiger partial charge in [-0.15, -0.1) is 11.3 Å². The summed E-state index contributed by atoms with van der Waals surface area (Å²) in [6, 6.07) is 12.5. The molecular weight excluding hydrogens is 466 g/mol. The summed E-state index contributed by atoms with van der Waals surface area (Å²) in [5.74, 6) is 1.19. The minimum absolute atomic E-state index is 0.0218. The Balaban J connectivity index is 1.41. The fraction of sp³-hybridized carbons (Fsp3) is 0.280. The lowest BCUT2D eigenvalue weighted by Crippen LogP contribution is -2.29. The molecule has 4 heterocycles. The third kappa shape index (κ3) is 4.32. The van der Waals surface area contributed by atoms with E-state index < -0.39 is 0 Å². The van der Waals surface area contributed by atoms with E-state index in [-0.39, 0.29) is 24.6 Å². The van der Waals surface area contributed by atoms with E-state index in [1.54, 1.807) is 25.4 Å². The molecule has 35 heavy (non-hydrogen) atoms. The quantitative estimate of drug-likeness (QED) is 0.419. The summed E-state index contributed by atoms with van der Waals surface area (Å²) < 4.78 is 13.9. The van der Waals surface area contributed by atoms with Crippen LogP contribution in [-0.4, -0.2) is 59.2 Å². The van der Waals surface area contributed by atoms with E-state index >= 15 is 0 Å². The maximum atomic E-state index is 13.0. The Labute approximate surface area is 205 Å². The Hall–Kier alpha value is -3.94. The van der Waals surface area contributed by atoms with Gasteiger partial charge in [0, 0.05) is 43.5 Å². The van der Waals surface area contributed by atoms with Crippen LogP contribution < -0.4 is 10.1 Å². The van der Waals surface area contributed by atoms with Gasteiger partial charge in [-0.3, -0.25) is 14.3 Å². The molecule has 1 fully saturated rings. The largest absolute Gasteiger partial charge is 0.456 e. The monoisotopic (exact) mass is 489 g/mol. The van der Waals surface area contributed by atoms with Gasteiger partial charge in [-0.1, -0.05) is 0 Å². The minimum atomic E-state index is -0.353. The zero-order valence-corrected chi connectivity index (χ0v) is 20.1. The average Bonchev–Trinajstić information content (AvgIpc) is 3.58. The van der Waals surface area contributed by atoms with Crippen molar-refractivity contribution in [2.75, 3.05) is 26.7 Å². The molecule has 0 aliphatic carbocycles. The molecule has 0 spiro atoms. The molecule has 0 radical (unpaired) electrons. The number of rotatable bonds is 5. The first-order valence-corrected chi connectivity index (χ1v) is 12.0. The molecule has 178 valence electrons. The van der Waals surface area contributed by atoms with Gasteiger partial charge in [0.25, 0.3) is 5.91 Å². The van der Waals surface area contributed by atoms with Crippen molar-refractivity contribution in [1.82, 2.24) is 19.8 Å². The zero-order valence-electron chi connectivity index (χ0n) is 19.3. The standard InChI is InChI=1S/C25H23N5O4S/c1-15-11-16-12-17(3-4-20(16)30(15)25(32)28-9-7-26)34-21-5-8-27-19-13-22(35-23(19)21)24(31)29-10-6-18(14-29)33-2/h3-5,8,11-13,18H,6,9-10,14H2,1-2H3,(H,28,32)/t18-/m0/s1. The van der Waals surface area contributed by atoms with Crippen LogP contribution in [0.3, 0.4) is 0 Å². The fourth-order valence-electron chi connectivity index (χ4n) is 4.35. The third-order valence-corrected chi connectivity index (χ3v) is 7.19. The summed E-state index contributed by atoms with van der Waals surface area (Å²) in [4.78, 5) is 32.3. The van der Waals surface area contributed by atoms with Crippen molar-refractivity contribution < 1.29 is 19.1 Å². The Morgan fingerprint density at radius 2 is 2.14 bits per heavy atom. The molecule has 1 aromatic carbocycles. The third-order valence-electron chi connectivity index (χ3n) is 6.06. The number of nitriles is 1. The van der Waals surface area contributed by atoms with Gasteiger partial charge in [-0.2, -0.15) is 5.26 Å². The van der Waals surface area contributed by atoms with E-state index in [4.69, 9.17) is 14.7 Å². The van der Waals surface area contributed by atoms with Crippen LogP contribution in [0.4, 0.5) is 4.79 Å². The van der Waals surface area contributed by atoms with Gasteiger partial charge >= 0.3 is 6.03 Å². The summed E-state index contributed by atoms with van der Waals surface area (Å²) in [6.07, 6.45) is 2.58. The normalized spacial score (nSPS) is 15.5. The van der Waals surface area contributed by atoms with Gasteiger partial charge in [-0.05, 0) is 43.7 Å². The van der Waals surface area contributed by atoms with Crippen LogP contribution >= 0.6 is 11.3 Å². The number of carbonyl (C=O) groups is 2. The van der Waals surface area contributed by atoms with E-state index in [1.165, 1.54) is 15.9 Å². The first-order chi connectivity index (χ1) is 17.0. The number of likely N-dealkylation sites (tertiary alicyclic amines) is 1. The molecule has 1 aliphatic rings. The highest BCUT2D eigenvalue weighted by atomic mass is 32.1. The van der Waals surface area contributed by atoms with Gasteiger partial charge in [0.2, 0.25) is 0 Å². The maximum Gasteiger partial charge on any atom is 0.327 e. The second-order valence-corrected chi connectivity index (χ2v) is 9.34. The number of benzene rings is 1. The highest BCUT2D eigenvalue weighted by Crippen LogP contribution is 2.36. The number of hydrogen-bond donors (Lipinski definition) is 1. The number of amides is 2. The summed E-state index contributed by atoms with van der Waals surface area (Å²) in [5, 5.41) is 12.1. The maximum absolute atomic E-state index is 13.0. The van der Waals surface area contributed by atoms with Crippen LogP contribution in [0.1, 0.15) is 21.8 Å². The van der Waals surface area contributed by atoms with Crippen LogP contribution in [0.15, 0.2) is 42.6 Å². The lowest BCUT2D eigenvalue weighted by molar-refractivity contribution is 0.0728. The van der Waals surface area contributed by atoms with Crippen molar-refractivity contribution in [1.29, 1.82) is 5.26 Å². The molecule has 0 saturated carbocycles. The molecule has 10 heteroatoms. The second kappa shape index (κ2) is 9.37. The van der Waals surface area contributed by atoms with Crippen LogP contribution in [0.5, 0.6) is 11.5 Å². The van der Waals surface area contributed by atoms with Crippen molar-refractivity contribution in [3.8, 4) is 17.6 Å². The average molecular weight is 490 g/mol. The summed E-state index contributed by atoms with van der Waals surface area (Å²) in [6.45, 7) is 3.04. The molecule has 3 aromatic heterocycles. The fourth-order valence-corrected chi connectivity index (χ4v) is 5.38. The number of carbonyl (C=O) groups excluding carboxylic acids is 2. The highest BCUT2D eigenvalue weighted by molar-refractivity contribution is 7.21. The number of aromatic nitrogens is 2. The van der Waals surface area contributed by atoms with E-state index in [1.807, 2.05) is 42.2 Å². The Morgan fingerprint density at radius 3 is 2.91 bits per heavy atom. The smallest absolute Gasteiger partial charge is 0.327 e. The molecule has 4 aromatic rings. The van der Waals surface area contributed by atoms with Gasteiger partial charge in [0.05, 0.1) is 32.8 Å². The molecule has 1 aliphatic heterocycles. The number of nitrogens with zero attached hydrogens (tertiary/aromatic N) is 4. The van der Waals surface area contributed by atoms with Crippen molar-refractivity contribution >= 4 is 44.4 Å². The molecular formula is C25H23N5O4S. The Kier molecular flexibility index (Phi) is 6.11. The van der Waals surface area contributed by atoms with Crippen LogP contribution in [0, 0.1) is 18.3 Å². The lowest BCUT2D eigenvalue weighted by atomic mass is 10.2. The van der Waals surface area contributed by atoms with Gasteiger partial charge in [0.15, 0.2) is 0 Å². The number of hydrogen-bond acceptors (Lipinski definition) is 7. The second-order valence-electron chi connectivity index (χ2n) is 8.29. The van der Waals surface area contributed by atoms with Gasteiger partial charge < -0.3 is 19.7 Å².